The van der Waals surface area contributed by atoms with E-state index in [0.29, 0.717) is 0 Å². The maximum Gasteiger partial charge on any atom is 0.0153 e. The lowest BCUT2D eigenvalue weighted by Gasteiger charge is -2.32. The summed E-state index contributed by atoms with van der Waals surface area (Å²) in [5.41, 5.74) is 0. The summed E-state index contributed by atoms with van der Waals surface area (Å²) < 4.78 is 0. The summed E-state index contributed by atoms with van der Waals surface area (Å²) in [5, 5.41) is 0. The average Bonchev–Trinajstić information content (AvgIpc) is 2.62. The van der Waals surface area contributed by atoms with Gasteiger partial charge in [-0.1, -0.05) is 13.8 Å². The summed E-state index contributed by atoms with van der Waals surface area (Å²) >= 11 is 0. The highest BCUT2D eigenvalue weighted by atomic mass is 15.2. The lowest BCUT2D eigenvalue weighted by Crippen LogP contribution is -2.38. The Kier molecular flexibility index (Phi) is 1.39. The molecule has 0 aromatic heterocycles. The van der Waals surface area contributed by atoms with Gasteiger partial charge in [-0.3, -0.25) is 4.90 Å². The van der Waals surface area contributed by atoms with Gasteiger partial charge in [-0.15, -0.1) is 0 Å². The third-order valence-corrected chi connectivity index (χ3v) is 4.65. The van der Waals surface area contributed by atoms with Crippen molar-refractivity contribution in [3.8, 4) is 0 Å². The van der Waals surface area contributed by atoms with Gasteiger partial charge in [0.05, 0.1) is 0 Å². The lowest BCUT2D eigenvalue weighted by atomic mass is 9.81. The van der Waals surface area contributed by atoms with Crippen LogP contribution in [0.2, 0.25) is 0 Å². The molecule has 1 aliphatic carbocycles. The third kappa shape index (κ3) is 0.736. The number of hydrogen-bond acceptors (Lipinski definition) is 1. The Hall–Kier alpha value is -0.0400. The van der Waals surface area contributed by atoms with Gasteiger partial charge in [-0.05, 0) is 36.5 Å². The highest BCUT2D eigenvalue weighted by molar-refractivity contribution is 5.05. The van der Waals surface area contributed by atoms with Gasteiger partial charge in [0.1, 0.15) is 0 Å². The Morgan fingerprint density at radius 1 is 0.917 bits per heavy atom. The normalized spacial score (nSPS) is 62.5. The van der Waals surface area contributed by atoms with Crippen LogP contribution in [0.1, 0.15) is 26.7 Å². The van der Waals surface area contributed by atoms with Crippen molar-refractivity contribution in [3.63, 3.8) is 0 Å². The zero-order chi connectivity index (χ0) is 8.29. The maximum absolute atomic E-state index is 2.78. The van der Waals surface area contributed by atoms with Gasteiger partial charge >= 0.3 is 0 Å². The molecule has 0 radical (unpaired) electrons. The summed E-state index contributed by atoms with van der Waals surface area (Å²) in [6.45, 7) is 7.73. The second-order valence-electron chi connectivity index (χ2n) is 5.30. The van der Waals surface area contributed by atoms with Gasteiger partial charge in [0.15, 0.2) is 0 Å². The molecule has 3 fully saturated rings. The summed E-state index contributed by atoms with van der Waals surface area (Å²) in [6.07, 6.45) is 3.02. The van der Waals surface area contributed by atoms with Crippen LogP contribution in [-0.4, -0.2) is 24.0 Å². The molecule has 0 N–H and O–H groups in total. The Morgan fingerprint density at radius 2 is 1.75 bits per heavy atom. The second kappa shape index (κ2) is 2.25. The van der Waals surface area contributed by atoms with E-state index in [-0.39, 0.29) is 0 Å². The van der Waals surface area contributed by atoms with Crippen molar-refractivity contribution < 1.29 is 0 Å². The molecule has 0 amide bonds. The Labute approximate surface area is 75.1 Å². The van der Waals surface area contributed by atoms with Crippen LogP contribution in [0.25, 0.3) is 0 Å². The van der Waals surface area contributed by atoms with Crippen molar-refractivity contribution in [1.29, 1.82) is 0 Å². The number of nitrogens with zero attached hydrogens (tertiary/aromatic N) is 1. The minimum absolute atomic E-state index is 0.992. The zero-order valence-corrected chi connectivity index (χ0v) is 8.16. The predicted molar refractivity (Wildman–Crippen MR) is 49.9 cm³/mol. The van der Waals surface area contributed by atoms with E-state index in [2.05, 4.69) is 18.7 Å². The maximum atomic E-state index is 2.78. The molecule has 1 saturated carbocycles. The van der Waals surface area contributed by atoms with Crippen molar-refractivity contribution in [2.24, 2.45) is 23.7 Å². The standard InChI is InChI=1S/C11H19N/c1-7-3-4-9-10-6-12(11(7)9)5-8(10)2/h7-11H,3-6H2,1-2H3. The van der Waals surface area contributed by atoms with Crippen LogP contribution in [0.5, 0.6) is 0 Å². The third-order valence-electron chi connectivity index (χ3n) is 4.65. The Morgan fingerprint density at radius 3 is 2.58 bits per heavy atom. The summed E-state index contributed by atoms with van der Waals surface area (Å²) in [7, 11) is 0. The van der Waals surface area contributed by atoms with Crippen LogP contribution in [0.4, 0.5) is 0 Å². The van der Waals surface area contributed by atoms with Crippen molar-refractivity contribution in [2.45, 2.75) is 32.7 Å². The van der Waals surface area contributed by atoms with Crippen molar-refractivity contribution in [1.82, 2.24) is 4.90 Å². The SMILES string of the molecule is CC1CN2CC1C1CCC(C)C12. The molecule has 2 aliphatic heterocycles. The van der Waals surface area contributed by atoms with E-state index >= 15 is 0 Å². The van der Waals surface area contributed by atoms with E-state index in [1.165, 1.54) is 25.9 Å². The minimum Gasteiger partial charge on any atom is -0.299 e. The van der Waals surface area contributed by atoms with Gasteiger partial charge in [0.2, 0.25) is 0 Å². The fourth-order valence-corrected chi connectivity index (χ4v) is 4.15. The lowest BCUT2D eigenvalue weighted by molar-refractivity contribution is 0.158. The quantitative estimate of drug-likeness (QED) is 0.530. The number of fused-ring (bicyclic) bond motifs is 5. The van der Waals surface area contributed by atoms with Crippen LogP contribution in [-0.2, 0) is 0 Å². The molecule has 0 aromatic carbocycles. The molecule has 3 aliphatic rings. The van der Waals surface area contributed by atoms with Crippen molar-refractivity contribution in [3.05, 3.63) is 0 Å². The predicted octanol–water partition coefficient (Wildman–Crippen LogP) is 1.98. The molecule has 6 atom stereocenters. The van der Waals surface area contributed by atoms with Crippen LogP contribution in [0.3, 0.4) is 0 Å². The highest BCUT2D eigenvalue weighted by Crippen LogP contribution is 2.51. The molecule has 68 valence electrons. The van der Waals surface area contributed by atoms with Gasteiger partial charge in [-0.25, -0.2) is 0 Å². The molecule has 2 bridgehead atoms. The first kappa shape index (κ1) is 7.37. The Balaban J connectivity index is 1.89. The summed E-state index contributed by atoms with van der Waals surface area (Å²) in [4.78, 5) is 2.78. The van der Waals surface area contributed by atoms with Crippen LogP contribution in [0.15, 0.2) is 0 Å². The first-order valence-corrected chi connectivity index (χ1v) is 5.51. The molecule has 0 spiro atoms. The molecule has 2 heterocycles. The number of rotatable bonds is 0. The second-order valence-corrected chi connectivity index (χ2v) is 5.30. The molecule has 1 heteroatoms. The smallest absolute Gasteiger partial charge is 0.0153 e. The molecule has 3 rings (SSSR count). The molecule has 6 unspecified atom stereocenters. The zero-order valence-electron chi connectivity index (χ0n) is 8.16. The first-order chi connectivity index (χ1) is 5.77. The summed E-state index contributed by atoms with van der Waals surface area (Å²) in [5.74, 6) is 4.15. The van der Waals surface area contributed by atoms with Crippen LogP contribution in [0, 0.1) is 23.7 Å². The Bertz CT molecular complexity index is 201. The molecule has 2 saturated heterocycles. The van der Waals surface area contributed by atoms with E-state index < -0.39 is 0 Å². The fourth-order valence-electron chi connectivity index (χ4n) is 4.15. The van der Waals surface area contributed by atoms with Crippen LogP contribution < -0.4 is 0 Å². The monoisotopic (exact) mass is 165 g/mol. The van der Waals surface area contributed by atoms with E-state index in [1.807, 2.05) is 0 Å². The van der Waals surface area contributed by atoms with Gasteiger partial charge < -0.3 is 0 Å². The van der Waals surface area contributed by atoms with Crippen molar-refractivity contribution in [2.75, 3.05) is 13.1 Å². The van der Waals surface area contributed by atoms with E-state index in [4.69, 9.17) is 0 Å². The minimum atomic E-state index is 0.992. The van der Waals surface area contributed by atoms with Gasteiger partial charge in [-0.2, -0.15) is 0 Å². The molecular weight excluding hydrogens is 146 g/mol. The van der Waals surface area contributed by atoms with E-state index in [9.17, 15) is 0 Å². The molecule has 1 nitrogen and oxygen atoms in total. The van der Waals surface area contributed by atoms with Crippen molar-refractivity contribution >= 4 is 0 Å². The number of piperidine rings is 1. The first-order valence-electron chi connectivity index (χ1n) is 5.51. The van der Waals surface area contributed by atoms with Gasteiger partial charge in [0.25, 0.3) is 0 Å². The van der Waals surface area contributed by atoms with Gasteiger partial charge in [0, 0.05) is 19.1 Å². The van der Waals surface area contributed by atoms with E-state index in [1.54, 1.807) is 0 Å². The topological polar surface area (TPSA) is 3.24 Å². The van der Waals surface area contributed by atoms with Crippen LogP contribution >= 0.6 is 0 Å². The highest BCUT2D eigenvalue weighted by Gasteiger charge is 2.53. The average molecular weight is 165 g/mol. The fraction of sp³-hybridized carbons (Fsp3) is 1.00. The summed E-state index contributed by atoms with van der Waals surface area (Å²) in [6, 6.07) is 0.992. The largest absolute Gasteiger partial charge is 0.299 e. The number of hydrogen-bond donors (Lipinski definition) is 0. The molecule has 12 heavy (non-hydrogen) atoms. The van der Waals surface area contributed by atoms with E-state index in [0.717, 1.165) is 29.7 Å². The molecule has 0 aromatic rings. The molecular formula is C11H19N.